The molecule has 4 heteroatoms. The summed E-state index contributed by atoms with van der Waals surface area (Å²) < 4.78 is 0. The third kappa shape index (κ3) is 4.03. The van der Waals surface area contributed by atoms with Crippen molar-refractivity contribution in [1.82, 2.24) is 0 Å². The largest absolute Gasteiger partial charge is 0.399 e. The number of carbonyl (C=O) groups excluding carboxylic acids is 1. The molecule has 0 aliphatic carbocycles. The second kappa shape index (κ2) is 6.48. The molecule has 2 aromatic rings. The smallest absolute Gasteiger partial charge is 0.234 e. The molecule has 0 aliphatic rings. The number of hydrogen-bond acceptors (Lipinski definition) is 3. The molecule has 104 valence electrons. The maximum Gasteiger partial charge on any atom is 0.234 e. The summed E-state index contributed by atoms with van der Waals surface area (Å²) in [4.78, 5) is 12.9. The zero-order valence-corrected chi connectivity index (χ0v) is 12.5. The summed E-state index contributed by atoms with van der Waals surface area (Å²) in [5.74, 6) is 0.381. The zero-order chi connectivity index (χ0) is 14.5. The number of anilines is 2. The highest BCUT2D eigenvalue weighted by Crippen LogP contribution is 2.20. The number of nitrogens with two attached hydrogens (primary N) is 1. The van der Waals surface area contributed by atoms with Crippen LogP contribution in [0.1, 0.15) is 11.1 Å². The number of hydrogen-bond donors (Lipinski definition) is 2. The predicted octanol–water partition coefficient (Wildman–Crippen LogP) is 3.62. The minimum absolute atomic E-state index is 0.00456. The Morgan fingerprint density at radius 2 is 1.80 bits per heavy atom. The molecule has 0 heterocycles. The van der Waals surface area contributed by atoms with Gasteiger partial charge in [-0.1, -0.05) is 6.07 Å². The molecule has 20 heavy (non-hydrogen) atoms. The van der Waals surface area contributed by atoms with Crippen LogP contribution in [0.25, 0.3) is 0 Å². The van der Waals surface area contributed by atoms with Crippen LogP contribution in [0, 0.1) is 13.8 Å². The van der Waals surface area contributed by atoms with E-state index >= 15 is 0 Å². The molecule has 0 aliphatic heterocycles. The van der Waals surface area contributed by atoms with Gasteiger partial charge >= 0.3 is 0 Å². The first kappa shape index (κ1) is 14.5. The maximum atomic E-state index is 11.9. The van der Waals surface area contributed by atoms with Crippen molar-refractivity contribution in [3.05, 3.63) is 53.6 Å². The van der Waals surface area contributed by atoms with E-state index in [2.05, 4.69) is 12.2 Å². The topological polar surface area (TPSA) is 55.1 Å². The number of amides is 1. The second-order valence-electron chi connectivity index (χ2n) is 4.70. The van der Waals surface area contributed by atoms with E-state index in [0.717, 1.165) is 16.3 Å². The van der Waals surface area contributed by atoms with Gasteiger partial charge in [-0.25, -0.2) is 0 Å². The van der Waals surface area contributed by atoms with Crippen molar-refractivity contribution in [2.24, 2.45) is 0 Å². The van der Waals surface area contributed by atoms with Crippen LogP contribution < -0.4 is 11.1 Å². The average molecular weight is 286 g/mol. The highest BCUT2D eigenvalue weighted by molar-refractivity contribution is 8.00. The lowest BCUT2D eigenvalue weighted by Gasteiger charge is -2.07. The maximum absolute atomic E-state index is 11.9. The van der Waals surface area contributed by atoms with Crippen molar-refractivity contribution in [3.63, 3.8) is 0 Å². The van der Waals surface area contributed by atoms with Crippen LogP contribution in [0.3, 0.4) is 0 Å². The number of nitrogens with one attached hydrogen (secondary N) is 1. The molecule has 3 N–H and O–H groups in total. The molecule has 0 bridgehead atoms. The number of rotatable bonds is 4. The lowest BCUT2D eigenvalue weighted by atomic mass is 10.1. The summed E-state index contributed by atoms with van der Waals surface area (Å²) in [5.41, 5.74) is 9.59. The van der Waals surface area contributed by atoms with Crippen LogP contribution >= 0.6 is 11.8 Å². The van der Waals surface area contributed by atoms with Gasteiger partial charge in [-0.15, -0.1) is 11.8 Å². The normalized spacial score (nSPS) is 10.3. The van der Waals surface area contributed by atoms with Gasteiger partial charge in [-0.3, -0.25) is 4.79 Å². The Bertz CT molecular complexity index is 608. The number of benzene rings is 2. The summed E-state index contributed by atoms with van der Waals surface area (Å²) >= 11 is 1.50. The van der Waals surface area contributed by atoms with E-state index in [1.165, 1.54) is 22.9 Å². The van der Waals surface area contributed by atoms with E-state index in [1.807, 2.05) is 49.4 Å². The van der Waals surface area contributed by atoms with E-state index in [9.17, 15) is 4.79 Å². The Hall–Kier alpha value is -1.94. The Kier molecular flexibility index (Phi) is 4.69. The zero-order valence-electron chi connectivity index (χ0n) is 11.6. The van der Waals surface area contributed by atoms with E-state index in [-0.39, 0.29) is 5.91 Å². The number of thioether (sulfide) groups is 1. The number of carbonyl (C=O) groups is 1. The molecular weight excluding hydrogens is 268 g/mol. The first-order valence-electron chi connectivity index (χ1n) is 6.40. The van der Waals surface area contributed by atoms with Crippen molar-refractivity contribution in [2.45, 2.75) is 18.7 Å². The molecule has 0 saturated carbocycles. The SMILES string of the molecule is Cc1ccc(NC(=O)CSc2ccc(N)cc2)cc1C. The molecule has 1 amide bonds. The molecule has 2 aromatic carbocycles. The minimum atomic E-state index is -0.00456. The van der Waals surface area contributed by atoms with Gasteiger partial charge in [0.05, 0.1) is 5.75 Å². The van der Waals surface area contributed by atoms with Crippen LogP contribution in [0.4, 0.5) is 11.4 Å². The van der Waals surface area contributed by atoms with Gasteiger partial charge in [0.15, 0.2) is 0 Å². The summed E-state index contributed by atoms with van der Waals surface area (Å²) in [6, 6.07) is 13.4. The fraction of sp³-hybridized carbons (Fsp3) is 0.188. The van der Waals surface area contributed by atoms with Gasteiger partial charge in [-0.2, -0.15) is 0 Å². The standard InChI is InChI=1S/C16H18N2OS/c1-11-3-6-14(9-12(11)2)18-16(19)10-20-15-7-4-13(17)5-8-15/h3-9H,10,17H2,1-2H3,(H,18,19). The van der Waals surface area contributed by atoms with Crippen molar-refractivity contribution in [1.29, 1.82) is 0 Å². The Balaban J connectivity index is 1.89. The Labute approximate surface area is 123 Å². The van der Waals surface area contributed by atoms with Crippen molar-refractivity contribution in [2.75, 3.05) is 16.8 Å². The monoisotopic (exact) mass is 286 g/mol. The summed E-state index contributed by atoms with van der Waals surface area (Å²) in [7, 11) is 0. The fourth-order valence-electron chi connectivity index (χ4n) is 1.73. The van der Waals surface area contributed by atoms with Crippen molar-refractivity contribution >= 4 is 29.0 Å². The van der Waals surface area contributed by atoms with Gasteiger partial charge in [0, 0.05) is 16.3 Å². The van der Waals surface area contributed by atoms with Crippen molar-refractivity contribution in [3.8, 4) is 0 Å². The van der Waals surface area contributed by atoms with Gasteiger partial charge < -0.3 is 11.1 Å². The molecule has 0 atom stereocenters. The molecule has 0 radical (unpaired) electrons. The number of nitrogen functional groups attached to an aromatic ring is 1. The first-order chi connectivity index (χ1) is 9.54. The molecule has 3 nitrogen and oxygen atoms in total. The lowest BCUT2D eigenvalue weighted by molar-refractivity contribution is -0.113. The van der Waals surface area contributed by atoms with E-state index in [4.69, 9.17) is 5.73 Å². The lowest BCUT2D eigenvalue weighted by Crippen LogP contribution is -2.14. The molecule has 0 saturated heterocycles. The van der Waals surface area contributed by atoms with Gasteiger partial charge in [0.2, 0.25) is 5.91 Å². The van der Waals surface area contributed by atoms with Crippen LogP contribution in [-0.2, 0) is 4.79 Å². The van der Waals surface area contributed by atoms with E-state index in [1.54, 1.807) is 0 Å². The number of aryl methyl sites for hydroxylation is 2. The molecule has 0 unspecified atom stereocenters. The fourth-order valence-corrected chi connectivity index (χ4v) is 2.43. The quantitative estimate of drug-likeness (QED) is 0.667. The van der Waals surface area contributed by atoms with Crippen LogP contribution in [-0.4, -0.2) is 11.7 Å². The third-order valence-corrected chi connectivity index (χ3v) is 4.05. The summed E-state index contributed by atoms with van der Waals surface area (Å²) in [5, 5.41) is 2.91. The minimum Gasteiger partial charge on any atom is -0.399 e. The second-order valence-corrected chi connectivity index (χ2v) is 5.75. The highest BCUT2D eigenvalue weighted by atomic mass is 32.2. The van der Waals surface area contributed by atoms with Crippen LogP contribution in [0.15, 0.2) is 47.4 Å². The van der Waals surface area contributed by atoms with E-state index < -0.39 is 0 Å². The highest BCUT2D eigenvalue weighted by Gasteiger charge is 2.04. The average Bonchev–Trinajstić information content (AvgIpc) is 2.42. The summed E-state index contributed by atoms with van der Waals surface area (Å²) in [6.07, 6.45) is 0. The van der Waals surface area contributed by atoms with Gasteiger partial charge in [0.1, 0.15) is 0 Å². The summed E-state index contributed by atoms with van der Waals surface area (Å²) in [6.45, 7) is 4.09. The van der Waals surface area contributed by atoms with E-state index in [0.29, 0.717) is 5.75 Å². The molecular formula is C16H18N2OS. The molecule has 0 fully saturated rings. The van der Waals surface area contributed by atoms with Gasteiger partial charge in [-0.05, 0) is 61.4 Å². The Morgan fingerprint density at radius 1 is 1.10 bits per heavy atom. The first-order valence-corrected chi connectivity index (χ1v) is 7.38. The molecule has 0 aromatic heterocycles. The molecule has 2 rings (SSSR count). The van der Waals surface area contributed by atoms with Crippen LogP contribution in [0.2, 0.25) is 0 Å². The molecule has 0 spiro atoms. The van der Waals surface area contributed by atoms with Crippen LogP contribution in [0.5, 0.6) is 0 Å². The third-order valence-electron chi connectivity index (χ3n) is 3.04. The van der Waals surface area contributed by atoms with Crippen molar-refractivity contribution < 1.29 is 4.79 Å². The predicted molar refractivity (Wildman–Crippen MR) is 86.1 cm³/mol. The van der Waals surface area contributed by atoms with Gasteiger partial charge in [0.25, 0.3) is 0 Å². The Morgan fingerprint density at radius 3 is 2.45 bits per heavy atom.